The number of fused-ring (bicyclic) bond motifs is 6. The number of nitrogens with zero attached hydrogens (tertiary/aromatic N) is 4. The highest BCUT2D eigenvalue weighted by molar-refractivity contribution is 7.26. The van der Waals surface area contributed by atoms with Crippen molar-refractivity contribution in [1.82, 2.24) is 19.5 Å². The van der Waals surface area contributed by atoms with Gasteiger partial charge in [0.05, 0.1) is 16.7 Å². The van der Waals surface area contributed by atoms with Crippen LogP contribution in [0.3, 0.4) is 0 Å². The molecule has 10 aromatic rings. The lowest BCUT2D eigenvalue weighted by atomic mass is 9.99. The second kappa shape index (κ2) is 12.1. The predicted octanol–water partition coefficient (Wildman–Crippen LogP) is 12.6. The van der Waals surface area contributed by atoms with Gasteiger partial charge in [0.25, 0.3) is 0 Å². The monoisotopic (exact) mass is 684 g/mol. The SMILES string of the molecule is Cc1ccc2c(c1)c1cc(C)ccc1n2-c1ccc(-c2cccc3c2sc2ccccc23)cc1-c1nc(-c2ccccc2)nc(-c2ccccc2)n1. The fraction of sp³-hybridized carbons (Fsp3) is 0.0426. The van der Waals surface area contributed by atoms with Crippen LogP contribution in [0.25, 0.3) is 93.0 Å². The van der Waals surface area contributed by atoms with E-state index < -0.39 is 0 Å². The Morgan fingerprint density at radius 1 is 0.423 bits per heavy atom. The Balaban J connectivity index is 1.30. The summed E-state index contributed by atoms with van der Waals surface area (Å²) in [4.78, 5) is 15.5. The highest BCUT2D eigenvalue weighted by atomic mass is 32.1. The van der Waals surface area contributed by atoms with Gasteiger partial charge in [-0.25, -0.2) is 15.0 Å². The molecule has 5 heteroatoms. The van der Waals surface area contributed by atoms with Crippen LogP contribution < -0.4 is 0 Å². The number of aryl methyl sites for hydroxylation is 2. The third-order valence-electron chi connectivity index (χ3n) is 9.97. The van der Waals surface area contributed by atoms with Crippen LogP contribution in [0.4, 0.5) is 0 Å². The van der Waals surface area contributed by atoms with E-state index in [9.17, 15) is 0 Å². The van der Waals surface area contributed by atoms with E-state index in [1.807, 2.05) is 47.7 Å². The minimum Gasteiger partial charge on any atom is -0.309 e. The maximum absolute atomic E-state index is 5.26. The maximum Gasteiger partial charge on any atom is 0.166 e. The molecule has 246 valence electrons. The van der Waals surface area contributed by atoms with Crippen molar-refractivity contribution in [3.05, 3.63) is 169 Å². The second-order valence-corrected chi connectivity index (χ2v) is 14.5. The lowest BCUT2D eigenvalue weighted by Gasteiger charge is -2.16. The van der Waals surface area contributed by atoms with Crippen molar-refractivity contribution in [1.29, 1.82) is 0 Å². The van der Waals surface area contributed by atoms with Crippen LogP contribution in [0.15, 0.2) is 158 Å². The lowest BCUT2D eigenvalue weighted by molar-refractivity contribution is 1.06. The van der Waals surface area contributed by atoms with Gasteiger partial charge >= 0.3 is 0 Å². The molecular formula is C47H32N4S. The Morgan fingerprint density at radius 2 is 1.00 bits per heavy atom. The third kappa shape index (κ3) is 5.01. The third-order valence-corrected chi connectivity index (χ3v) is 11.2. The Bertz CT molecular complexity index is 2860. The molecule has 0 atom stereocenters. The summed E-state index contributed by atoms with van der Waals surface area (Å²) in [6.07, 6.45) is 0. The summed E-state index contributed by atoms with van der Waals surface area (Å²) >= 11 is 1.85. The first kappa shape index (κ1) is 30.4. The van der Waals surface area contributed by atoms with Crippen molar-refractivity contribution in [2.75, 3.05) is 0 Å². The number of rotatable bonds is 5. The predicted molar refractivity (Wildman–Crippen MR) is 218 cm³/mol. The van der Waals surface area contributed by atoms with Crippen molar-refractivity contribution in [2.45, 2.75) is 13.8 Å². The van der Waals surface area contributed by atoms with E-state index in [0.29, 0.717) is 17.5 Å². The van der Waals surface area contributed by atoms with Gasteiger partial charge in [-0.3, -0.25) is 0 Å². The van der Waals surface area contributed by atoms with Crippen LogP contribution in [0.1, 0.15) is 11.1 Å². The van der Waals surface area contributed by atoms with E-state index in [1.54, 1.807) is 0 Å². The number of aromatic nitrogens is 4. The summed E-state index contributed by atoms with van der Waals surface area (Å²) in [6, 6.07) is 56.0. The Hall–Kier alpha value is -6.43. The molecule has 0 aliphatic heterocycles. The molecule has 0 N–H and O–H groups in total. The number of thiophene rings is 1. The zero-order valence-corrected chi connectivity index (χ0v) is 29.5. The first-order valence-corrected chi connectivity index (χ1v) is 18.3. The van der Waals surface area contributed by atoms with Crippen molar-refractivity contribution in [3.8, 4) is 51.0 Å². The summed E-state index contributed by atoms with van der Waals surface area (Å²) in [5.41, 5.74) is 10.9. The van der Waals surface area contributed by atoms with E-state index in [1.165, 1.54) is 47.6 Å². The van der Waals surface area contributed by atoms with E-state index in [4.69, 9.17) is 15.0 Å². The largest absolute Gasteiger partial charge is 0.309 e. The Kier molecular flexibility index (Phi) is 7.08. The molecule has 0 spiro atoms. The van der Waals surface area contributed by atoms with Gasteiger partial charge in [-0.2, -0.15) is 0 Å². The highest BCUT2D eigenvalue weighted by Gasteiger charge is 2.21. The summed E-state index contributed by atoms with van der Waals surface area (Å²) in [5, 5.41) is 5.02. The molecule has 0 fully saturated rings. The minimum absolute atomic E-state index is 0.627. The average molecular weight is 685 g/mol. The van der Waals surface area contributed by atoms with Crippen LogP contribution in [0.2, 0.25) is 0 Å². The smallest absolute Gasteiger partial charge is 0.166 e. The Morgan fingerprint density at radius 3 is 1.65 bits per heavy atom. The molecule has 0 aliphatic carbocycles. The number of benzene rings is 7. The van der Waals surface area contributed by atoms with Crippen LogP contribution in [-0.2, 0) is 0 Å². The maximum atomic E-state index is 5.26. The van der Waals surface area contributed by atoms with Crippen LogP contribution >= 0.6 is 11.3 Å². The van der Waals surface area contributed by atoms with E-state index in [2.05, 4.69) is 140 Å². The fourth-order valence-electron chi connectivity index (χ4n) is 7.49. The molecule has 4 nitrogen and oxygen atoms in total. The molecule has 10 rings (SSSR count). The van der Waals surface area contributed by atoms with Gasteiger partial charge in [0.1, 0.15) is 0 Å². The summed E-state index contributed by atoms with van der Waals surface area (Å²) in [5.74, 6) is 1.91. The molecule has 7 aromatic carbocycles. The normalized spacial score (nSPS) is 11.7. The molecule has 0 saturated carbocycles. The quantitative estimate of drug-likeness (QED) is 0.181. The van der Waals surface area contributed by atoms with Gasteiger partial charge < -0.3 is 4.57 Å². The van der Waals surface area contributed by atoms with Gasteiger partial charge in [0, 0.05) is 47.6 Å². The van der Waals surface area contributed by atoms with Crippen LogP contribution in [-0.4, -0.2) is 19.5 Å². The van der Waals surface area contributed by atoms with Crippen LogP contribution in [0, 0.1) is 13.8 Å². The molecule has 3 heterocycles. The molecule has 52 heavy (non-hydrogen) atoms. The zero-order valence-electron chi connectivity index (χ0n) is 28.7. The Labute approximate surface area is 305 Å². The summed E-state index contributed by atoms with van der Waals surface area (Å²) < 4.78 is 4.95. The molecular weight excluding hydrogens is 653 g/mol. The fourth-order valence-corrected chi connectivity index (χ4v) is 8.73. The van der Waals surface area contributed by atoms with E-state index in [0.717, 1.165) is 39.0 Å². The van der Waals surface area contributed by atoms with Gasteiger partial charge in [-0.1, -0.05) is 126 Å². The first-order chi connectivity index (χ1) is 25.6. The molecule has 0 amide bonds. The zero-order chi connectivity index (χ0) is 34.8. The molecule has 0 aliphatic rings. The van der Waals surface area contributed by atoms with Gasteiger partial charge in [-0.05, 0) is 67.4 Å². The van der Waals surface area contributed by atoms with Gasteiger partial charge in [-0.15, -0.1) is 11.3 Å². The summed E-state index contributed by atoms with van der Waals surface area (Å²) in [7, 11) is 0. The minimum atomic E-state index is 0.627. The molecule has 0 unspecified atom stereocenters. The first-order valence-electron chi connectivity index (χ1n) is 17.5. The number of hydrogen-bond acceptors (Lipinski definition) is 4. The van der Waals surface area contributed by atoms with Crippen LogP contribution in [0.5, 0.6) is 0 Å². The molecule has 3 aromatic heterocycles. The van der Waals surface area contributed by atoms with Crippen molar-refractivity contribution in [3.63, 3.8) is 0 Å². The molecule has 0 bridgehead atoms. The number of hydrogen-bond donors (Lipinski definition) is 0. The van der Waals surface area contributed by atoms with Gasteiger partial charge in [0.2, 0.25) is 0 Å². The summed E-state index contributed by atoms with van der Waals surface area (Å²) in [6.45, 7) is 4.32. The van der Waals surface area contributed by atoms with Crippen molar-refractivity contribution < 1.29 is 0 Å². The average Bonchev–Trinajstić information content (AvgIpc) is 3.73. The molecule has 0 radical (unpaired) electrons. The van der Waals surface area contributed by atoms with Gasteiger partial charge in [0.15, 0.2) is 17.5 Å². The van der Waals surface area contributed by atoms with E-state index >= 15 is 0 Å². The highest BCUT2D eigenvalue weighted by Crippen LogP contribution is 2.43. The van der Waals surface area contributed by atoms with Crippen molar-refractivity contribution in [2.24, 2.45) is 0 Å². The van der Waals surface area contributed by atoms with E-state index in [-0.39, 0.29) is 0 Å². The van der Waals surface area contributed by atoms with Crippen molar-refractivity contribution >= 4 is 53.3 Å². The topological polar surface area (TPSA) is 43.6 Å². The second-order valence-electron chi connectivity index (χ2n) is 13.4. The lowest BCUT2D eigenvalue weighted by Crippen LogP contribution is -2.04. The molecule has 0 saturated heterocycles. The standard InChI is InChI=1S/C47H32N4S/c1-29-20-23-40-37(26-29)38-27-30(2)21-24-41(38)51(40)42-25-22-33(34-17-11-18-36-35-16-9-10-19-43(35)52-44(34)36)28-39(42)47-49-45(31-12-5-3-6-13-31)48-46(50-47)32-14-7-4-8-15-32/h3-28H,1-2H3.